The van der Waals surface area contributed by atoms with Gasteiger partial charge in [0.2, 0.25) is 5.91 Å². The third-order valence-corrected chi connectivity index (χ3v) is 6.67. The maximum atomic E-state index is 13.0. The molecule has 0 radical (unpaired) electrons. The van der Waals surface area contributed by atoms with Crippen molar-refractivity contribution in [2.75, 3.05) is 13.2 Å². The number of unbranched alkanes of at least 4 members (excludes halogenated alkanes) is 1. The van der Waals surface area contributed by atoms with Crippen LogP contribution in [0.15, 0.2) is 48.5 Å². The molecule has 1 aliphatic carbocycles. The number of ether oxygens (including phenoxy) is 3. The minimum Gasteiger partial charge on any atom is -0.458 e. The van der Waals surface area contributed by atoms with E-state index >= 15 is 0 Å². The van der Waals surface area contributed by atoms with E-state index in [-0.39, 0.29) is 18.9 Å². The van der Waals surface area contributed by atoms with Crippen LogP contribution in [0.4, 0.5) is 9.59 Å². The second-order valence-electron chi connectivity index (χ2n) is 12.7. The average Bonchev–Trinajstić information content (AvgIpc) is 3.22. The lowest BCUT2D eigenvalue weighted by molar-refractivity contribution is -0.159. The van der Waals surface area contributed by atoms with Gasteiger partial charge in [-0.2, -0.15) is 0 Å². The number of carbonyl (C=O) groups is 4. The molecule has 0 saturated carbocycles. The molecule has 234 valence electrons. The van der Waals surface area contributed by atoms with E-state index in [1.807, 2.05) is 36.4 Å². The van der Waals surface area contributed by atoms with Crippen molar-refractivity contribution >= 4 is 24.1 Å². The Bertz CT molecular complexity index is 1250. The molecule has 0 fully saturated rings. The predicted molar refractivity (Wildman–Crippen MR) is 164 cm³/mol. The first-order valence-corrected chi connectivity index (χ1v) is 14.8. The largest absolute Gasteiger partial charge is 0.458 e. The zero-order chi connectivity index (χ0) is 31.8. The number of esters is 1. The molecular formula is C33H45N3O7. The van der Waals surface area contributed by atoms with Gasteiger partial charge in [0.25, 0.3) is 0 Å². The van der Waals surface area contributed by atoms with Crippen molar-refractivity contribution in [3.8, 4) is 11.1 Å². The Balaban J connectivity index is 1.51. The fraction of sp³-hybridized carbons (Fsp3) is 0.515. The molecule has 0 saturated heterocycles. The van der Waals surface area contributed by atoms with Crippen molar-refractivity contribution in [2.24, 2.45) is 0 Å². The molecule has 10 heteroatoms. The monoisotopic (exact) mass is 595 g/mol. The van der Waals surface area contributed by atoms with E-state index < -0.39 is 47.3 Å². The molecule has 0 bridgehead atoms. The lowest BCUT2D eigenvalue weighted by Gasteiger charge is -2.25. The average molecular weight is 596 g/mol. The van der Waals surface area contributed by atoms with Gasteiger partial charge in [-0.3, -0.25) is 4.79 Å². The summed E-state index contributed by atoms with van der Waals surface area (Å²) in [6, 6.07) is 14.2. The van der Waals surface area contributed by atoms with Crippen LogP contribution in [0, 0.1) is 0 Å². The molecule has 2 aromatic carbocycles. The maximum Gasteiger partial charge on any atom is 0.407 e. The van der Waals surface area contributed by atoms with E-state index in [0.717, 1.165) is 22.3 Å². The molecule has 0 unspecified atom stereocenters. The summed E-state index contributed by atoms with van der Waals surface area (Å²) in [6.07, 6.45) is 0.119. The Morgan fingerprint density at radius 3 is 1.88 bits per heavy atom. The van der Waals surface area contributed by atoms with E-state index in [2.05, 4.69) is 28.1 Å². The van der Waals surface area contributed by atoms with Crippen LogP contribution in [0.5, 0.6) is 0 Å². The van der Waals surface area contributed by atoms with Crippen LogP contribution < -0.4 is 16.0 Å². The predicted octanol–water partition coefficient (Wildman–Crippen LogP) is 5.44. The van der Waals surface area contributed by atoms with Gasteiger partial charge >= 0.3 is 18.2 Å². The maximum absolute atomic E-state index is 13.0. The van der Waals surface area contributed by atoms with E-state index in [1.165, 1.54) is 6.92 Å². The fourth-order valence-electron chi connectivity index (χ4n) is 4.78. The first-order chi connectivity index (χ1) is 20.1. The first kappa shape index (κ1) is 33.4. The van der Waals surface area contributed by atoms with Gasteiger partial charge in [-0.15, -0.1) is 0 Å². The number of nitrogens with one attached hydrogen (secondary N) is 3. The Hall–Kier alpha value is -4.08. The summed E-state index contributed by atoms with van der Waals surface area (Å²) in [6.45, 7) is 12.6. The highest BCUT2D eigenvalue weighted by molar-refractivity contribution is 5.89. The number of carbonyl (C=O) groups excluding carboxylic acids is 4. The van der Waals surface area contributed by atoms with Crippen molar-refractivity contribution in [3.63, 3.8) is 0 Å². The zero-order valence-corrected chi connectivity index (χ0v) is 26.2. The summed E-state index contributed by atoms with van der Waals surface area (Å²) < 4.78 is 16.3. The summed E-state index contributed by atoms with van der Waals surface area (Å²) in [4.78, 5) is 50.4. The Kier molecular flexibility index (Phi) is 11.2. The molecule has 3 N–H and O–H groups in total. The number of alkyl carbamates (subject to hydrolysis) is 2. The molecule has 10 nitrogen and oxygen atoms in total. The highest BCUT2D eigenvalue weighted by Crippen LogP contribution is 2.44. The van der Waals surface area contributed by atoms with Crippen LogP contribution in [-0.4, -0.2) is 60.5 Å². The normalized spacial score (nSPS) is 14.0. The number of fused-ring (bicyclic) bond motifs is 3. The van der Waals surface area contributed by atoms with E-state index in [4.69, 9.17) is 14.2 Å². The molecule has 3 rings (SSSR count). The third-order valence-electron chi connectivity index (χ3n) is 6.67. The Morgan fingerprint density at radius 1 is 0.767 bits per heavy atom. The fourth-order valence-corrected chi connectivity index (χ4v) is 4.78. The summed E-state index contributed by atoms with van der Waals surface area (Å²) >= 11 is 0. The summed E-state index contributed by atoms with van der Waals surface area (Å²) in [5.41, 5.74) is 3.07. The highest BCUT2D eigenvalue weighted by atomic mass is 16.6. The topological polar surface area (TPSA) is 132 Å². The zero-order valence-electron chi connectivity index (χ0n) is 26.2. The minimum absolute atomic E-state index is 0.108. The molecule has 43 heavy (non-hydrogen) atoms. The smallest absolute Gasteiger partial charge is 0.407 e. The quantitative estimate of drug-likeness (QED) is 0.179. The molecule has 2 aromatic rings. The van der Waals surface area contributed by atoms with E-state index in [9.17, 15) is 19.2 Å². The van der Waals surface area contributed by atoms with Crippen molar-refractivity contribution in [2.45, 2.75) is 96.9 Å². The molecule has 0 spiro atoms. The SMILES string of the molecule is C[C@H](NC(=O)OCC1c2ccccc2-c2ccccc21)C(=O)N[C@@H](CCCCNC(=O)OC(C)(C)C)C(=O)OC(C)(C)C. The van der Waals surface area contributed by atoms with Crippen LogP contribution in [0.25, 0.3) is 11.1 Å². The van der Waals surface area contributed by atoms with Crippen LogP contribution in [0.3, 0.4) is 0 Å². The van der Waals surface area contributed by atoms with E-state index in [0.29, 0.717) is 19.4 Å². The number of hydrogen-bond donors (Lipinski definition) is 3. The van der Waals surface area contributed by atoms with Crippen LogP contribution in [-0.2, 0) is 23.8 Å². The standard InChI is InChI=1S/C33H45N3O7/c1-21(35-31(40)41-20-26-24-16-10-8-14-22(24)23-15-9-11-17-25(23)26)28(37)36-27(29(38)42-32(2,3)4)18-12-13-19-34-30(39)43-33(5,6)7/h8-11,14-17,21,26-27H,12-13,18-20H2,1-7H3,(H,34,39)(H,35,40)(H,36,37)/t21-,27-/m0/s1. The molecular weight excluding hydrogens is 550 g/mol. The molecule has 0 aliphatic heterocycles. The van der Waals surface area contributed by atoms with Gasteiger partial charge < -0.3 is 30.2 Å². The number of amides is 3. The van der Waals surface area contributed by atoms with Gasteiger partial charge in [-0.05, 0) is 90.0 Å². The molecule has 1 aliphatic rings. The van der Waals surface area contributed by atoms with Gasteiger partial charge in [0.05, 0.1) is 0 Å². The second kappa shape index (κ2) is 14.4. The van der Waals surface area contributed by atoms with Crippen LogP contribution in [0.1, 0.15) is 84.8 Å². The molecule has 0 aromatic heterocycles. The number of benzene rings is 2. The van der Waals surface area contributed by atoms with Crippen molar-refractivity contribution in [1.82, 2.24) is 16.0 Å². The van der Waals surface area contributed by atoms with Crippen LogP contribution in [0.2, 0.25) is 0 Å². The highest BCUT2D eigenvalue weighted by Gasteiger charge is 2.31. The molecule has 2 atom stereocenters. The number of hydrogen-bond acceptors (Lipinski definition) is 7. The van der Waals surface area contributed by atoms with Crippen molar-refractivity contribution < 1.29 is 33.4 Å². The summed E-state index contributed by atoms with van der Waals surface area (Å²) in [5, 5.41) is 7.95. The Labute approximate surface area is 254 Å². The third kappa shape index (κ3) is 10.3. The first-order valence-electron chi connectivity index (χ1n) is 14.8. The lowest BCUT2D eigenvalue weighted by Crippen LogP contribution is -2.51. The van der Waals surface area contributed by atoms with Gasteiger partial charge in [-0.25, -0.2) is 14.4 Å². The van der Waals surface area contributed by atoms with Crippen molar-refractivity contribution in [3.05, 3.63) is 59.7 Å². The van der Waals surface area contributed by atoms with Crippen molar-refractivity contribution in [1.29, 1.82) is 0 Å². The Morgan fingerprint density at radius 2 is 1.33 bits per heavy atom. The van der Waals surface area contributed by atoms with Crippen LogP contribution >= 0.6 is 0 Å². The number of rotatable bonds is 11. The van der Waals surface area contributed by atoms with Gasteiger partial charge in [-0.1, -0.05) is 48.5 Å². The summed E-state index contributed by atoms with van der Waals surface area (Å²) in [7, 11) is 0. The van der Waals surface area contributed by atoms with E-state index in [1.54, 1.807) is 41.5 Å². The van der Waals surface area contributed by atoms with Gasteiger partial charge in [0.15, 0.2) is 0 Å². The second-order valence-corrected chi connectivity index (χ2v) is 12.7. The van der Waals surface area contributed by atoms with Gasteiger partial charge in [0.1, 0.15) is 29.9 Å². The van der Waals surface area contributed by atoms with Gasteiger partial charge in [0, 0.05) is 12.5 Å². The summed E-state index contributed by atoms with van der Waals surface area (Å²) in [5.74, 6) is -1.23. The molecule has 0 heterocycles. The lowest BCUT2D eigenvalue weighted by atomic mass is 9.98. The molecule has 3 amide bonds. The minimum atomic E-state index is -0.963.